The summed E-state index contributed by atoms with van der Waals surface area (Å²) in [6.45, 7) is 2.77. The van der Waals surface area contributed by atoms with Crippen LogP contribution in [0.15, 0.2) is 48.8 Å². The van der Waals surface area contributed by atoms with Crippen LogP contribution in [0.2, 0.25) is 0 Å². The molecule has 1 aromatic carbocycles. The highest BCUT2D eigenvalue weighted by atomic mass is 19.4. The second-order valence-corrected chi connectivity index (χ2v) is 8.46. The molecular formula is C23H24F3N3O2. The Morgan fingerprint density at radius 3 is 2.58 bits per heavy atom. The fourth-order valence-electron chi connectivity index (χ4n) is 4.79. The molecule has 2 aliphatic rings. The van der Waals surface area contributed by atoms with Gasteiger partial charge < -0.3 is 9.80 Å². The maximum absolute atomic E-state index is 13.0. The van der Waals surface area contributed by atoms with Crippen molar-refractivity contribution in [3.05, 3.63) is 65.5 Å². The van der Waals surface area contributed by atoms with Crippen LogP contribution in [-0.2, 0) is 28.7 Å². The van der Waals surface area contributed by atoms with Crippen LogP contribution in [0.4, 0.5) is 13.2 Å². The van der Waals surface area contributed by atoms with Crippen molar-refractivity contribution in [2.45, 2.75) is 56.9 Å². The van der Waals surface area contributed by atoms with E-state index in [0.717, 1.165) is 17.7 Å². The molecular weight excluding hydrogens is 407 g/mol. The average Bonchev–Trinajstić information content (AvgIpc) is 3.08. The van der Waals surface area contributed by atoms with E-state index in [1.165, 1.54) is 12.1 Å². The van der Waals surface area contributed by atoms with Gasteiger partial charge >= 0.3 is 6.18 Å². The molecule has 2 atom stereocenters. The maximum Gasteiger partial charge on any atom is 0.416 e. The average molecular weight is 431 g/mol. The van der Waals surface area contributed by atoms with Gasteiger partial charge in [-0.1, -0.05) is 18.2 Å². The van der Waals surface area contributed by atoms with E-state index in [0.29, 0.717) is 31.4 Å². The second-order valence-electron chi connectivity index (χ2n) is 8.46. The minimum absolute atomic E-state index is 0.00514. The topological polar surface area (TPSA) is 53.5 Å². The molecule has 0 unspecified atom stereocenters. The van der Waals surface area contributed by atoms with E-state index in [9.17, 15) is 22.8 Å². The summed E-state index contributed by atoms with van der Waals surface area (Å²) in [5, 5.41) is 0. The number of carbonyl (C=O) groups is 2. The van der Waals surface area contributed by atoms with Crippen LogP contribution in [0, 0.1) is 0 Å². The highest BCUT2D eigenvalue weighted by Crippen LogP contribution is 2.41. The lowest BCUT2D eigenvalue weighted by atomic mass is 9.82. The number of benzene rings is 1. The highest BCUT2D eigenvalue weighted by Gasteiger charge is 2.53. The van der Waals surface area contributed by atoms with Gasteiger partial charge in [-0.2, -0.15) is 13.2 Å². The summed E-state index contributed by atoms with van der Waals surface area (Å²) in [5.74, 6) is -0.0224. The Kier molecular flexibility index (Phi) is 5.49. The fraction of sp³-hybridized carbons (Fsp3) is 0.435. The van der Waals surface area contributed by atoms with E-state index in [2.05, 4.69) is 4.98 Å². The number of hydrogen-bond donors (Lipinski definition) is 0. The summed E-state index contributed by atoms with van der Waals surface area (Å²) in [7, 11) is 0. The Hall–Kier alpha value is -2.90. The van der Waals surface area contributed by atoms with Crippen LogP contribution in [-0.4, -0.2) is 44.7 Å². The van der Waals surface area contributed by atoms with Gasteiger partial charge in [0.15, 0.2) is 0 Å². The van der Waals surface area contributed by atoms with Crippen molar-refractivity contribution in [3.8, 4) is 0 Å². The van der Waals surface area contributed by atoms with Crippen molar-refractivity contribution in [3.63, 3.8) is 0 Å². The van der Waals surface area contributed by atoms with Crippen molar-refractivity contribution < 1.29 is 22.8 Å². The number of nitrogens with zero attached hydrogens (tertiary/aromatic N) is 3. The lowest BCUT2D eigenvalue weighted by molar-refractivity contribution is -0.148. The van der Waals surface area contributed by atoms with E-state index < -0.39 is 17.3 Å². The van der Waals surface area contributed by atoms with E-state index >= 15 is 0 Å². The first kappa shape index (κ1) is 21.3. The molecule has 0 aliphatic carbocycles. The van der Waals surface area contributed by atoms with Gasteiger partial charge in [-0.15, -0.1) is 0 Å². The normalized spacial score (nSPS) is 23.7. The molecule has 4 rings (SSSR count). The molecule has 0 spiro atoms. The molecule has 31 heavy (non-hydrogen) atoms. The quantitative estimate of drug-likeness (QED) is 0.740. The highest BCUT2D eigenvalue weighted by molar-refractivity contribution is 5.82. The Balaban J connectivity index is 1.51. The molecule has 5 nitrogen and oxygen atoms in total. The van der Waals surface area contributed by atoms with Gasteiger partial charge in [0.05, 0.1) is 23.6 Å². The van der Waals surface area contributed by atoms with E-state index in [4.69, 9.17) is 0 Å². The minimum Gasteiger partial charge on any atom is -0.337 e. The first-order valence-electron chi connectivity index (χ1n) is 10.3. The number of alkyl halides is 3. The van der Waals surface area contributed by atoms with E-state index in [1.54, 1.807) is 23.4 Å². The number of fused-ring (bicyclic) bond motifs is 1. The van der Waals surface area contributed by atoms with Gasteiger partial charge in [-0.05, 0) is 49.1 Å². The third kappa shape index (κ3) is 4.16. The first-order chi connectivity index (χ1) is 14.7. The molecule has 0 bridgehead atoms. The Labute approximate surface area is 178 Å². The number of amides is 2. The first-order valence-corrected chi connectivity index (χ1v) is 10.3. The van der Waals surface area contributed by atoms with Crippen LogP contribution < -0.4 is 0 Å². The molecule has 8 heteroatoms. The molecule has 0 saturated carbocycles. The third-order valence-electron chi connectivity index (χ3n) is 6.52. The number of carbonyl (C=O) groups excluding carboxylic acids is 2. The molecule has 2 aromatic rings. The van der Waals surface area contributed by atoms with Gasteiger partial charge in [-0.25, -0.2) is 0 Å². The van der Waals surface area contributed by atoms with E-state index in [1.807, 2.05) is 17.9 Å². The zero-order valence-electron chi connectivity index (χ0n) is 17.2. The summed E-state index contributed by atoms with van der Waals surface area (Å²) in [4.78, 5) is 33.4. The number of aromatic nitrogens is 1. The predicted octanol–water partition coefficient (Wildman–Crippen LogP) is 3.83. The molecule has 2 fully saturated rings. The molecule has 2 saturated heterocycles. The number of halogens is 3. The fourth-order valence-corrected chi connectivity index (χ4v) is 4.79. The zero-order valence-corrected chi connectivity index (χ0v) is 17.2. The molecule has 2 amide bonds. The van der Waals surface area contributed by atoms with Gasteiger partial charge in [0.1, 0.15) is 0 Å². The van der Waals surface area contributed by atoms with Gasteiger partial charge in [0.25, 0.3) is 0 Å². The van der Waals surface area contributed by atoms with Crippen molar-refractivity contribution >= 4 is 11.8 Å². The van der Waals surface area contributed by atoms with Crippen LogP contribution in [0.1, 0.15) is 42.9 Å². The number of piperidine rings is 1. The molecule has 3 heterocycles. The van der Waals surface area contributed by atoms with Crippen LogP contribution in [0.3, 0.4) is 0 Å². The SMILES string of the molecule is C[C@]12CCN(C(=O)Cc3cccnc3)[C@H]1CCC(=O)N2Cc1ccc(C(F)(F)F)cc1. The largest absolute Gasteiger partial charge is 0.416 e. The number of hydrogen-bond acceptors (Lipinski definition) is 3. The van der Waals surface area contributed by atoms with Gasteiger partial charge in [0.2, 0.25) is 11.8 Å². The lowest BCUT2D eigenvalue weighted by Gasteiger charge is -2.47. The van der Waals surface area contributed by atoms with Crippen LogP contribution in [0.25, 0.3) is 0 Å². The number of pyridine rings is 1. The Morgan fingerprint density at radius 1 is 1.19 bits per heavy atom. The standard InChI is InChI=1S/C23H24F3N3O2/c1-22-10-12-28(21(31)13-17-3-2-11-27-14-17)19(22)8-9-20(30)29(22)15-16-4-6-18(7-5-16)23(24,25)26/h2-7,11,14,19H,8-10,12-13,15H2,1H3/t19-,22-/m0/s1. The summed E-state index contributed by atoms with van der Waals surface area (Å²) in [6.07, 6.45) is 0.754. The van der Waals surface area contributed by atoms with Crippen molar-refractivity contribution in [1.82, 2.24) is 14.8 Å². The Morgan fingerprint density at radius 2 is 1.94 bits per heavy atom. The number of rotatable bonds is 4. The summed E-state index contributed by atoms with van der Waals surface area (Å²) in [5.41, 5.74) is 0.235. The zero-order chi connectivity index (χ0) is 22.2. The summed E-state index contributed by atoms with van der Waals surface area (Å²) < 4.78 is 38.5. The Bertz CT molecular complexity index is 962. The second kappa shape index (κ2) is 7.98. The molecule has 164 valence electrons. The van der Waals surface area contributed by atoms with Crippen molar-refractivity contribution in [1.29, 1.82) is 0 Å². The smallest absolute Gasteiger partial charge is 0.337 e. The predicted molar refractivity (Wildman–Crippen MR) is 108 cm³/mol. The van der Waals surface area contributed by atoms with Crippen molar-refractivity contribution in [2.24, 2.45) is 0 Å². The van der Waals surface area contributed by atoms with Crippen molar-refractivity contribution in [2.75, 3.05) is 6.54 Å². The number of likely N-dealkylation sites (tertiary alicyclic amines) is 2. The molecule has 0 radical (unpaired) electrons. The van der Waals surface area contributed by atoms with Gasteiger partial charge in [-0.3, -0.25) is 14.6 Å². The molecule has 0 N–H and O–H groups in total. The monoisotopic (exact) mass is 431 g/mol. The minimum atomic E-state index is -4.39. The summed E-state index contributed by atoms with van der Waals surface area (Å²) >= 11 is 0. The third-order valence-corrected chi connectivity index (χ3v) is 6.52. The molecule has 1 aromatic heterocycles. The van der Waals surface area contributed by atoms with Gasteiger partial charge in [0, 0.05) is 31.9 Å². The summed E-state index contributed by atoms with van der Waals surface area (Å²) in [6, 6.07) is 8.48. The molecule has 2 aliphatic heterocycles. The van der Waals surface area contributed by atoms with E-state index in [-0.39, 0.29) is 30.8 Å². The lowest BCUT2D eigenvalue weighted by Crippen LogP contribution is -2.60. The van der Waals surface area contributed by atoms with Crippen LogP contribution in [0.5, 0.6) is 0 Å². The maximum atomic E-state index is 13.0. The van der Waals surface area contributed by atoms with Crippen LogP contribution >= 0.6 is 0 Å².